The van der Waals surface area contributed by atoms with Crippen LogP contribution in [0.4, 0.5) is 0 Å². The van der Waals surface area contributed by atoms with Crippen molar-refractivity contribution < 1.29 is 30.0 Å². The van der Waals surface area contributed by atoms with Crippen LogP contribution in [0.25, 0.3) is 0 Å². The van der Waals surface area contributed by atoms with Crippen molar-refractivity contribution in [1.29, 1.82) is 0 Å². The standard InChI is InChI=1S/C7H13NO4.C2H6O2/c1-2-4(8)3-5(6(9)10)7(11)12;3-1-2-4/h4-5H,2-3,8H2,1H3,(H,9,10)(H,11,12);3-4H,1-2H2. The van der Waals surface area contributed by atoms with Crippen LogP contribution < -0.4 is 5.73 Å². The van der Waals surface area contributed by atoms with Gasteiger partial charge in [0.1, 0.15) is 0 Å². The minimum absolute atomic E-state index is 0.0127. The number of aliphatic hydroxyl groups is 2. The Morgan fingerprint density at radius 3 is 1.69 bits per heavy atom. The van der Waals surface area contributed by atoms with Gasteiger partial charge in [0.05, 0.1) is 13.2 Å². The molecule has 0 fully saturated rings. The van der Waals surface area contributed by atoms with E-state index >= 15 is 0 Å². The van der Waals surface area contributed by atoms with Gasteiger partial charge in [-0.2, -0.15) is 0 Å². The Bertz CT molecular complexity index is 192. The van der Waals surface area contributed by atoms with E-state index in [0.29, 0.717) is 6.42 Å². The highest BCUT2D eigenvalue weighted by Gasteiger charge is 2.27. The van der Waals surface area contributed by atoms with Crippen molar-refractivity contribution in [2.75, 3.05) is 13.2 Å². The van der Waals surface area contributed by atoms with E-state index < -0.39 is 17.9 Å². The number of hydrogen-bond acceptors (Lipinski definition) is 5. The van der Waals surface area contributed by atoms with Gasteiger partial charge in [0.15, 0.2) is 5.92 Å². The van der Waals surface area contributed by atoms with Crippen molar-refractivity contribution in [2.24, 2.45) is 11.7 Å². The minimum Gasteiger partial charge on any atom is -0.481 e. The normalized spacial score (nSPS) is 11.6. The van der Waals surface area contributed by atoms with E-state index in [2.05, 4.69) is 0 Å². The third-order valence-corrected chi connectivity index (χ3v) is 1.76. The summed E-state index contributed by atoms with van der Waals surface area (Å²) in [6, 6.07) is -0.359. The van der Waals surface area contributed by atoms with Gasteiger partial charge in [-0.25, -0.2) is 0 Å². The van der Waals surface area contributed by atoms with Crippen LogP contribution in [0.2, 0.25) is 0 Å². The summed E-state index contributed by atoms with van der Waals surface area (Å²) in [5.74, 6) is -4.03. The lowest BCUT2D eigenvalue weighted by atomic mass is 9.99. The predicted octanol–water partition coefficient (Wildman–Crippen LogP) is -1.13. The molecule has 6 N–H and O–H groups in total. The van der Waals surface area contributed by atoms with Crippen LogP contribution in [0.15, 0.2) is 0 Å². The van der Waals surface area contributed by atoms with E-state index in [0.717, 1.165) is 0 Å². The lowest BCUT2D eigenvalue weighted by Crippen LogP contribution is -2.31. The summed E-state index contributed by atoms with van der Waals surface area (Å²) in [5.41, 5.74) is 5.42. The predicted molar refractivity (Wildman–Crippen MR) is 55.8 cm³/mol. The van der Waals surface area contributed by atoms with Crippen LogP contribution in [-0.4, -0.2) is 51.6 Å². The Kier molecular flexibility index (Phi) is 11.1. The first kappa shape index (κ1) is 17.2. The topological polar surface area (TPSA) is 141 Å². The maximum atomic E-state index is 10.4. The molecule has 16 heavy (non-hydrogen) atoms. The molecule has 0 heterocycles. The Morgan fingerprint density at radius 1 is 1.12 bits per heavy atom. The molecule has 0 aliphatic rings. The zero-order chi connectivity index (χ0) is 13.1. The summed E-state index contributed by atoms with van der Waals surface area (Å²) in [4.78, 5) is 20.7. The number of carbonyl (C=O) groups is 2. The molecular weight excluding hydrogens is 218 g/mol. The summed E-state index contributed by atoms with van der Waals surface area (Å²) in [7, 11) is 0. The smallest absolute Gasteiger partial charge is 0.317 e. The summed E-state index contributed by atoms with van der Waals surface area (Å²) in [6.45, 7) is 1.53. The molecule has 0 saturated heterocycles. The van der Waals surface area contributed by atoms with Crippen molar-refractivity contribution in [3.05, 3.63) is 0 Å². The van der Waals surface area contributed by atoms with Gasteiger partial charge in [-0.1, -0.05) is 6.92 Å². The van der Waals surface area contributed by atoms with E-state index in [9.17, 15) is 9.59 Å². The zero-order valence-electron chi connectivity index (χ0n) is 9.17. The summed E-state index contributed by atoms with van der Waals surface area (Å²) in [5, 5.41) is 32.2. The largest absolute Gasteiger partial charge is 0.481 e. The van der Waals surface area contributed by atoms with Gasteiger partial charge in [0, 0.05) is 6.04 Å². The Hall–Kier alpha value is -1.18. The summed E-state index contributed by atoms with van der Waals surface area (Å²) >= 11 is 0. The number of carboxylic acid groups (broad SMARTS) is 2. The molecular formula is C9H19NO6. The molecule has 7 nitrogen and oxygen atoms in total. The van der Waals surface area contributed by atoms with E-state index in [1.54, 1.807) is 6.92 Å². The number of hydrogen-bond donors (Lipinski definition) is 5. The number of aliphatic carboxylic acids is 2. The third-order valence-electron chi connectivity index (χ3n) is 1.76. The van der Waals surface area contributed by atoms with Gasteiger partial charge in [0.25, 0.3) is 0 Å². The van der Waals surface area contributed by atoms with Crippen molar-refractivity contribution >= 4 is 11.9 Å². The first-order chi connectivity index (χ1) is 7.40. The lowest BCUT2D eigenvalue weighted by molar-refractivity contribution is -0.155. The molecule has 0 aliphatic carbocycles. The van der Waals surface area contributed by atoms with Crippen molar-refractivity contribution in [3.63, 3.8) is 0 Å². The summed E-state index contributed by atoms with van der Waals surface area (Å²) < 4.78 is 0. The Morgan fingerprint density at radius 2 is 1.50 bits per heavy atom. The van der Waals surface area contributed by atoms with E-state index in [1.807, 2.05) is 0 Å². The molecule has 0 bridgehead atoms. The van der Waals surface area contributed by atoms with Crippen LogP contribution in [0.3, 0.4) is 0 Å². The van der Waals surface area contributed by atoms with E-state index in [4.69, 9.17) is 26.2 Å². The van der Waals surface area contributed by atoms with Crippen molar-refractivity contribution in [3.8, 4) is 0 Å². The second-order valence-corrected chi connectivity index (χ2v) is 3.08. The van der Waals surface area contributed by atoms with Crippen LogP contribution in [-0.2, 0) is 9.59 Å². The molecule has 0 spiro atoms. The molecule has 0 aromatic rings. The number of nitrogens with two attached hydrogens (primary N) is 1. The average Bonchev–Trinajstić information content (AvgIpc) is 2.24. The zero-order valence-corrected chi connectivity index (χ0v) is 9.17. The van der Waals surface area contributed by atoms with Gasteiger partial charge < -0.3 is 26.2 Å². The molecule has 0 aromatic carbocycles. The quantitative estimate of drug-likeness (QED) is 0.368. The highest BCUT2D eigenvalue weighted by atomic mass is 16.4. The molecule has 7 heteroatoms. The molecule has 96 valence electrons. The fourth-order valence-electron chi connectivity index (χ4n) is 0.777. The molecule has 0 saturated carbocycles. The fourth-order valence-corrected chi connectivity index (χ4v) is 0.777. The average molecular weight is 237 g/mol. The van der Waals surface area contributed by atoms with Crippen LogP contribution >= 0.6 is 0 Å². The minimum atomic E-state index is -1.38. The second kappa shape index (κ2) is 10.3. The SMILES string of the molecule is CCC(N)CC(C(=O)O)C(=O)O.OCCO. The monoisotopic (exact) mass is 237 g/mol. The van der Waals surface area contributed by atoms with Gasteiger partial charge in [0.2, 0.25) is 0 Å². The molecule has 1 atom stereocenters. The molecule has 0 rings (SSSR count). The third kappa shape index (κ3) is 9.38. The van der Waals surface area contributed by atoms with E-state index in [1.165, 1.54) is 0 Å². The molecule has 0 aromatic heterocycles. The highest BCUT2D eigenvalue weighted by molar-refractivity contribution is 5.92. The molecule has 0 amide bonds. The number of carboxylic acids is 2. The van der Waals surface area contributed by atoms with Gasteiger partial charge in [-0.3, -0.25) is 9.59 Å². The first-order valence-corrected chi connectivity index (χ1v) is 4.83. The van der Waals surface area contributed by atoms with Crippen molar-refractivity contribution in [2.45, 2.75) is 25.8 Å². The van der Waals surface area contributed by atoms with Gasteiger partial charge >= 0.3 is 11.9 Å². The van der Waals surface area contributed by atoms with E-state index in [-0.39, 0.29) is 25.7 Å². The fraction of sp³-hybridized carbons (Fsp3) is 0.778. The lowest BCUT2D eigenvalue weighted by Gasteiger charge is -2.11. The van der Waals surface area contributed by atoms with Crippen LogP contribution in [0, 0.1) is 5.92 Å². The maximum Gasteiger partial charge on any atom is 0.317 e. The number of aliphatic hydroxyl groups excluding tert-OH is 2. The van der Waals surface area contributed by atoms with Crippen LogP contribution in [0.5, 0.6) is 0 Å². The summed E-state index contributed by atoms with van der Waals surface area (Å²) in [6.07, 6.45) is 0.568. The highest BCUT2D eigenvalue weighted by Crippen LogP contribution is 2.08. The second-order valence-electron chi connectivity index (χ2n) is 3.08. The molecule has 0 radical (unpaired) electrons. The molecule has 0 aliphatic heterocycles. The molecule has 1 unspecified atom stereocenters. The number of rotatable bonds is 6. The first-order valence-electron chi connectivity index (χ1n) is 4.83. The van der Waals surface area contributed by atoms with Gasteiger partial charge in [-0.15, -0.1) is 0 Å². The Balaban J connectivity index is 0. The maximum absolute atomic E-state index is 10.4. The Labute approximate surface area is 93.5 Å². The van der Waals surface area contributed by atoms with Crippen molar-refractivity contribution in [1.82, 2.24) is 0 Å². The van der Waals surface area contributed by atoms with Crippen LogP contribution in [0.1, 0.15) is 19.8 Å². The van der Waals surface area contributed by atoms with Gasteiger partial charge in [-0.05, 0) is 12.8 Å².